The number of aliphatic hydroxyl groups excluding tert-OH is 1. The first kappa shape index (κ1) is 19.8. The Bertz CT molecular complexity index is 769. The lowest BCUT2D eigenvalue weighted by atomic mass is 9.50. The van der Waals surface area contributed by atoms with Crippen molar-refractivity contribution < 1.29 is 19.4 Å². The molecule has 0 aromatic rings. The highest BCUT2D eigenvalue weighted by atomic mass is 16.6. The topological polar surface area (TPSA) is 55.8 Å². The third-order valence-corrected chi connectivity index (χ3v) is 9.86. The molecule has 4 nitrogen and oxygen atoms in total. The van der Waals surface area contributed by atoms with Crippen LogP contribution in [0.2, 0.25) is 0 Å². The van der Waals surface area contributed by atoms with Crippen LogP contribution in [0.25, 0.3) is 0 Å². The first-order valence-electron chi connectivity index (χ1n) is 11.7. The maximum atomic E-state index is 11.4. The number of hydrogen-bond acceptors (Lipinski definition) is 4. The summed E-state index contributed by atoms with van der Waals surface area (Å²) in [6.07, 6.45) is 14.0. The van der Waals surface area contributed by atoms with E-state index in [1.807, 2.05) is 0 Å². The monoisotopic (exact) mass is 400 g/mol. The number of rotatable bonds is 4. The Morgan fingerprint density at radius 2 is 2.07 bits per heavy atom. The van der Waals surface area contributed by atoms with E-state index in [0.717, 1.165) is 18.3 Å². The predicted octanol–water partition coefficient (Wildman–Crippen LogP) is 4.92. The third-order valence-electron chi connectivity index (χ3n) is 9.86. The summed E-state index contributed by atoms with van der Waals surface area (Å²) in [4.78, 5) is 11.4. The molecule has 29 heavy (non-hydrogen) atoms. The molecule has 1 N–H and O–H groups in total. The van der Waals surface area contributed by atoms with E-state index in [-0.39, 0.29) is 6.10 Å². The molecule has 2 aliphatic heterocycles. The molecule has 3 aliphatic carbocycles. The molecule has 7 atom stereocenters. The van der Waals surface area contributed by atoms with E-state index in [1.165, 1.54) is 56.6 Å². The minimum Gasteiger partial charge on any atom is -0.429 e. The summed E-state index contributed by atoms with van der Waals surface area (Å²) in [5.74, 6) is 1.21. The highest BCUT2D eigenvalue weighted by Gasteiger charge is 2.72. The molecule has 0 aromatic carbocycles. The van der Waals surface area contributed by atoms with Gasteiger partial charge in [0.05, 0.1) is 12.7 Å². The van der Waals surface area contributed by atoms with Gasteiger partial charge in [-0.05, 0) is 85.0 Å². The van der Waals surface area contributed by atoms with E-state index >= 15 is 0 Å². The molecule has 0 amide bonds. The van der Waals surface area contributed by atoms with Crippen LogP contribution in [0.4, 0.5) is 0 Å². The average molecular weight is 401 g/mol. The van der Waals surface area contributed by atoms with Crippen LogP contribution in [-0.2, 0) is 14.3 Å². The van der Waals surface area contributed by atoms with Crippen molar-refractivity contribution in [2.24, 2.45) is 28.1 Å². The molecule has 0 bridgehead atoms. The van der Waals surface area contributed by atoms with Gasteiger partial charge in [-0.2, -0.15) is 0 Å². The fourth-order valence-corrected chi connectivity index (χ4v) is 7.72. The Labute approximate surface area is 174 Å². The Hall–Kier alpha value is -1.13. The number of hydrogen-bond donors (Lipinski definition) is 1. The molecule has 0 aromatic heterocycles. The van der Waals surface area contributed by atoms with Crippen molar-refractivity contribution in [3.63, 3.8) is 0 Å². The zero-order chi connectivity index (χ0) is 20.4. The van der Waals surface area contributed by atoms with Crippen LogP contribution >= 0.6 is 0 Å². The van der Waals surface area contributed by atoms with Crippen molar-refractivity contribution in [1.29, 1.82) is 0 Å². The summed E-state index contributed by atoms with van der Waals surface area (Å²) in [6.45, 7) is 8.24. The fraction of sp³-hybridized carbons (Fsp3) is 0.800. The number of esters is 1. The number of cyclic esters (lactones) is 1. The maximum absolute atomic E-state index is 11.4. The van der Waals surface area contributed by atoms with Crippen LogP contribution in [0.3, 0.4) is 0 Å². The number of ether oxygens (including phenoxy) is 2. The molecule has 3 saturated carbocycles. The van der Waals surface area contributed by atoms with Gasteiger partial charge in [0.2, 0.25) is 6.29 Å². The van der Waals surface area contributed by atoms with Crippen molar-refractivity contribution in [3.8, 4) is 0 Å². The highest BCUT2D eigenvalue weighted by Crippen LogP contribution is 2.80. The van der Waals surface area contributed by atoms with Gasteiger partial charge in [-0.25, -0.2) is 4.79 Å². The summed E-state index contributed by atoms with van der Waals surface area (Å²) in [5.41, 5.74) is 3.65. The Balaban J connectivity index is 1.25. The van der Waals surface area contributed by atoms with Crippen LogP contribution in [0, 0.1) is 28.1 Å². The van der Waals surface area contributed by atoms with Gasteiger partial charge in [0, 0.05) is 11.6 Å². The summed E-state index contributed by atoms with van der Waals surface area (Å²) in [7, 11) is 0. The van der Waals surface area contributed by atoms with Gasteiger partial charge in [-0.1, -0.05) is 33.3 Å². The van der Waals surface area contributed by atoms with Gasteiger partial charge in [0.25, 0.3) is 0 Å². The second kappa shape index (κ2) is 6.68. The fourth-order valence-electron chi connectivity index (χ4n) is 7.72. The van der Waals surface area contributed by atoms with Gasteiger partial charge in [0.1, 0.15) is 0 Å². The normalized spacial score (nSPS) is 48.9. The highest BCUT2D eigenvalue weighted by molar-refractivity contribution is 5.85. The van der Waals surface area contributed by atoms with E-state index in [2.05, 4.69) is 26.8 Å². The molecule has 1 spiro atoms. The molecule has 3 fully saturated rings. The first-order valence-corrected chi connectivity index (χ1v) is 11.7. The molecule has 0 radical (unpaired) electrons. The lowest BCUT2D eigenvalue weighted by molar-refractivity contribution is -0.152. The Kier molecular flexibility index (Phi) is 4.57. The van der Waals surface area contributed by atoms with Crippen LogP contribution in [0.1, 0.15) is 78.6 Å². The molecule has 160 valence electrons. The molecular weight excluding hydrogens is 364 g/mol. The second-order valence-electron chi connectivity index (χ2n) is 11.1. The van der Waals surface area contributed by atoms with E-state index in [0.29, 0.717) is 34.8 Å². The largest absolute Gasteiger partial charge is 0.429 e. The van der Waals surface area contributed by atoms with E-state index in [1.54, 1.807) is 0 Å². The van der Waals surface area contributed by atoms with Crippen LogP contribution < -0.4 is 0 Å². The van der Waals surface area contributed by atoms with Crippen LogP contribution in [-0.4, -0.2) is 30.1 Å². The quantitative estimate of drug-likeness (QED) is 0.538. The summed E-state index contributed by atoms with van der Waals surface area (Å²) < 4.78 is 10.8. The van der Waals surface area contributed by atoms with Gasteiger partial charge in [-0.15, -0.1) is 0 Å². The molecule has 0 saturated heterocycles. The minimum atomic E-state index is -1.14. The average Bonchev–Trinajstić information content (AvgIpc) is 3.19. The molecule has 4 heteroatoms. The predicted molar refractivity (Wildman–Crippen MR) is 111 cm³/mol. The van der Waals surface area contributed by atoms with E-state index in [9.17, 15) is 9.90 Å². The van der Waals surface area contributed by atoms with Crippen molar-refractivity contribution >= 4 is 5.97 Å². The van der Waals surface area contributed by atoms with Crippen molar-refractivity contribution in [3.05, 3.63) is 23.3 Å². The van der Waals surface area contributed by atoms with Gasteiger partial charge < -0.3 is 14.6 Å². The minimum absolute atomic E-state index is 0.238. The van der Waals surface area contributed by atoms with Gasteiger partial charge in [-0.3, -0.25) is 0 Å². The second-order valence-corrected chi connectivity index (χ2v) is 11.1. The lowest BCUT2D eigenvalue weighted by Gasteiger charge is -2.55. The standard InChI is InChI=1S/C25H36O4/c1-16-8-12-25-15-23(25,2)10-4-5-20(25)24(16,3)11-9-17-6-7-19(28-14-17)18-13-21(26)29-22(18)27/h6,13,16,19-20,22,27H,4-5,7-12,14-15H2,1-3H3/t16-,19+,20+,22+,23-,24-,25-/m1/s1. The van der Waals surface area contributed by atoms with Gasteiger partial charge >= 0.3 is 5.97 Å². The van der Waals surface area contributed by atoms with Crippen LogP contribution in [0.5, 0.6) is 0 Å². The first-order chi connectivity index (χ1) is 13.8. The molecule has 5 aliphatic rings. The molecule has 0 unspecified atom stereocenters. The Morgan fingerprint density at radius 1 is 1.24 bits per heavy atom. The maximum Gasteiger partial charge on any atom is 0.333 e. The smallest absolute Gasteiger partial charge is 0.333 e. The number of carbonyl (C=O) groups excluding carboxylic acids is 1. The zero-order valence-electron chi connectivity index (χ0n) is 18.2. The van der Waals surface area contributed by atoms with Crippen molar-refractivity contribution in [2.75, 3.05) is 6.61 Å². The summed E-state index contributed by atoms with van der Waals surface area (Å²) in [6, 6.07) is 0. The van der Waals surface area contributed by atoms with E-state index in [4.69, 9.17) is 9.47 Å². The Morgan fingerprint density at radius 3 is 2.76 bits per heavy atom. The van der Waals surface area contributed by atoms with Crippen molar-refractivity contribution in [1.82, 2.24) is 0 Å². The summed E-state index contributed by atoms with van der Waals surface area (Å²) >= 11 is 0. The van der Waals surface area contributed by atoms with Crippen LogP contribution in [0.15, 0.2) is 23.3 Å². The van der Waals surface area contributed by atoms with E-state index < -0.39 is 12.3 Å². The zero-order valence-corrected chi connectivity index (χ0v) is 18.2. The summed E-state index contributed by atoms with van der Waals surface area (Å²) in [5, 5.41) is 9.86. The number of carbonyl (C=O) groups is 1. The molecule has 5 rings (SSSR count). The number of aliphatic hydroxyl groups is 1. The lowest BCUT2D eigenvalue weighted by Crippen LogP contribution is -2.47. The molecule has 2 heterocycles. The van der Waals surface area contributed by atoms with Crippen molar-refractivity contribution in [2.45, 2.75) is 91.0 Å². The SMILES string of the molecule is C[C@@H]1CC[C@]23C[C@@]2(C)CCC[C@H]3[C@]1(C)CCC1=CC[C@@H](C2=CC(=O)O[C@@H]2O)OC1. The van der Waals surface area contributed by atoms with Gasteiger partial charge in [0.15, 0.2) is 0 Å². The molecular formula is C25H36O4. The third kappa shape index (κ3) is 2.96.